The molecule has 0 radical (unpaired) electrons. The van der Waals surface area contributed by atoms with Crippen molar-refractivity contribution in [1.82, 2.24) is 0 Å². The minimum absolute atomic E-state index is 0.407. The van der Waals surface area contributed by atoms with E-state index in [2.05, 4.69) is 71.3 Å². The van der Waals surface area contributed by atoms with Crippen molar-refractivity contribution in [2.75, 3.05) is 7.11 Å². The van der Waals surface area contributed by atoms with Gasteiger partial charge in [0.1, 0.15) is 5.76 Å². The highest BCUT2D eigenvalue weighted by molar-refractivity contribution is 14.1. The number of ether oxygens (including phenoxy) is 1. The van der Waals surface area contributed by atoms with E-state index < -0.39 is 0 Å². The third-order valence-corrected chi connectivity index (χ3v) is 6.85. The van der Waals surface area contributed by atoms with Crippen LogP contribution in [0.2, 0.25) is 0 Å². The lowest BCUT2D eigenvalue weighted by Crippen LogP contribution is -2.10. The summed E-state index contributed by atoms with van der Waals surface area (Å²) in [5.74, 6) is 1.57. The van der Waals surface area contributed by atoms with Gasteiger partial charge >= 0.3 is 0 Å². The number of benzene rings is 1. The Morgan fingerprint density at radius 1 is 1.18 bits per heavy atom. The molecule has 2 atom stereocenters. The molecule has 0 spiro atoms. The molecule has 0 saturated carbocycles. The maximum atomic E-state index is 5.76. The van der Waals surface area contributed by atoms with Crippen LogP contribution in [0.25, 0.3) is 16.0 Å². The van der Waals surface area contributed by atoms with Crippen molar-refractivity contribution in [2.24, 2.45) is 5.92 Å². The van der Waals surface area contributed by atoms with Gasteiger partial charge in [0.25, 0.3) is 0 Å². The average molecular weight is 420 g/mol. The molecule has 3 heteroatoms. The van der Waals surface area contributed by atoms with Crippen LogP contribution in [0, 0.1) is 5.92 Å². The van der Waals surface area contributed by atoms with Crippen molar-refractivity contribution in [2.45, 2.75) is 17.3 Å². The quantitative estimate of drug-likeness (QED) is 0.393. The zero-order valence-corrected chi connectivity index (χ0v) is 15.6. The lowest BCUT2D eigenvalue weighted by atomic mass is 9.85. The summed E-state index contributed by atoms with van der Waals surface area (Å²) in [6.07, 6.45) is 3.39. The van der Waals surface area contributed by atoms with Gasteiger partial charge in [-0.15, -0.1) is 11.3 Å². The molecule has 112 valence electrons. The van der Waals surface area contributed by atoms with Gasteiger partial charge in [0.05, 0.1) is 11.0 Å². The van der Waals surface area contributed by atoms with E-state index in [1.165, 1.54) is 32.7 Å². The van der Waals surface area contributed by atoms with Crippen LogP contribution in [0.4, 0.5) is 0 Å². The normalized spacial score (nSPS) is 23.1. The summed E-state index contributed by atoms with van der Waals surface area (Å²) in [5, 5.41) is 2.20. The zero-order valence-electron chi connectivity index (χ0n) is 12.6. The van der Waals surface area contributed by atoms with Gasteiger partial charge in [-0.3, -0.25) is 0 Å². The van der Waals surface area contributed by atoms with Gasteiger partial charge in [0.15, 0.2) is 0 Å². The summed E-state index contributed by atoms with van der Waals surface area (Å²) in [6.45, 7) is 2.28. The largest absolute Gasteiger partial charge is 0.496 e. The third-order valence-electron chi connectivity index (χ3n) is 4.48. The monoisotopic (exact) mass is 420 g/mol. The molecular formula is C19H17IOS. The van der Waals surface area contributed by atoms with Crippen molar-refractivity contribution in [3.05, 3.63) is 64.2 Å². The highest BCUT2D eigenvalue weighted by Gasteiger charge is 2.33. The second-order valence-electron chi connectivity index (χ2n) is 5.93. The van der Waals surface area contributed by atoms with Crippen LogP contribution in [0.15, 0.2) is 53.1 Å². The minimum atomic E-state index is 0.407. The van der Waals surface area contributed by atoms with E-state index >= 15 is 0 Å². The molecule has 22 heavy (non-hydrogen) atoms. The third kappa shape index (κ3) is 2.09. The zero-order chi connectivity index (χ0) is 15.3. The fraction of sp³-hybridized carbons (Fsp3) is 0.263. The first-order valence-electron chi connectivity index (χ1n) is 7.51. The lowest BCUT2D eigenvalue weighted by molar-refractivity contribution is 0.304. The molecule has 1 nitrogen and oxygen atoms in total. The maximum Gasteiger partial charge on any atom is 0.123 e. The van der Waals surface area contributed by atoms with Crippen molar-refractivity contribution < 1.29 is 4.74 Å². The topological polar surface area (TPSA) is 9.23 Å². The Hall–Kier alpha value is -1.07. The number of halogens is 1. The Labute approximate surface area is 148 Å². The van der Waals surface area contributed by atoms with Crippen molar-refractivity contribution >= 4 is 39.5 Å². The number of fused-ring (bicyclic) bond motifs is 4. The summed E-state index contributed by atoms with van der Waals surface area (Å²) >= 11 is 4.44. The van der Waals surface area contributed by atoms with Crippen LogP contribution >= 0.6 is 33.9 Å². The molecular weight excluding hydrogens is 403 g/mol. The van der Waals surface area contributed by atoms with E-state index in [0.717, 1.165) is 12.2 Å². The SMILES string of the molecule is COC1=CC(C)CC2=C1c1ccsc1-c1ccccc1C2I. The number of methoxy groups -OCH3 is 1. The maximum absolute atomic E-state index is 5.76. The molecule has 1 aromatic carbocycles. The smallest absolute Gasteiger partial charge is 0.123 e. The highest BCUT2D eigenvalue weighted by atomic mass is 127. The van der Waals surface area contributed by atoms with Crippen molar-refractivity contribution in [3.8, 4) is 10.4 Å². The first-order chi connectivity index (χ1) is 10.7. The van der Waals surface area contributed by atoms with Crippen LogP contribution < -0.4 is 0 Å². The van der Waals surface area contributed by atoms with Crippen molar-refractivity contribution in [3.63, 3.8) is 0 Å². The standard InChI is InChI=1S/C19H17IOS/c1-11-9-15-17(16(10-11)21-2)14-7-8-22-19(14)13-6-4-3-5-12(13)18(15)20/h3-8,10-11,18H,9H2,1-2H3. The Morgan fingerprint density at radius 3 is 2.82 bits per heavy atom. The van der Waals surface area contributed by atoms with Crippen LogP contribution in [-0.2, 0) is 4.74 Å². The molecule has 2 aromatic rings. The van der Waals surface area contributed by atoms with Gasteiger partial charge < -0.3 is 4.74 Å². The Morgan fingerprint density at radius 2 is 2.00 bits per heavy atom. The average Bonchev–Trinajstić information content (AvgIpc) is 2.99. The fourth-order valence-electron chi connectivity index (χ4n) is 3.54. The van der Waals surface area contributed by atoms with Gasteiger partial charge in [0.2, 0.25) is 0 Å². The number of hydrogen-bond donors (Lipinski definition) is 0. The summed E-state index contributed by atoms with van der Waals surface area (Å²) in [7, 11) is 1.79. The molecule has 0 fully saturated rings. The molecule has 4 rings (SSSR count). The predicted octanol–water partition coefficient (Wildman–Crippen LogP) is 6.23. The Bertz CT molecular complexity index is 799. The molecule has 1 aromatic heterocycles. The van der Waals surface area contributed by atoms with Gasteiger partial charge in [-0.2, -0.15) is 0 Å². The molecule has 0 saturated heterocycles. The summed E-state index contributed by atoms with van der Waals surface area (Å²) in [5.41, 5.74) is 6.99. The van der Waals surface area contributed by atoms with E-state index in [-0.39, 0.29) is 0 Å². The van der Waals surface area contributed by atoms with Crippen LogP contribution in [0.1, 0.15) is 28.4 Å². The molecule has 2 aliphatic carbocycles. The van der Waals surface area contributed by atoms with Crippen LogP contribution in [-0.4, -0.2) is 7.11 Å². The van der Waals surface area contributed by atoms with Crippen LogP contribution in [0.5, 0.6) is 0 Å². The number of alkyl halides is 1. The first-order valence-corrected chi connectivity index (χ1v) is 9.63. The van der Waals surface area contributed by atoms with E-state index in [9.17, 15) is 0 Å². The molecule has 1 heterocycles. The van der Waals surface area contributed by atoms with Gasteiger partial charge in [-0.05, 0) is 46.6 Å². The number of hydrogen-bond acceptors (Lipinski definition) is 2. The fourth-order valence-corrected chi connectivity index (χ4v) is 5.60. The van der Waals surface area contributed by atoms with Gasteiger partial charge in [-0.25, -0.2) is 0 Å². The van der Waals surface area contributed by atoms with E-state index in [4.69, 9.17) is 4.74 Å². The molecule has 0 amide bonds. The first kappa shape index (κ1) is 14.5. The molecule has 0 N–H and O–H groups in total. The lowest BCUT2D eigenvalue weighted by Gasteiger charge is -2.26. The van der Waals surface area contributed by atoms with Gasteiger partial charge in [-0.1, -0.05) is 53.8 Å². The van der Waals surface area contributed by atoms with Crippen LogP contribution in [0.3, 0.4) is 0 Å². The highest BCUT2D eigenvalue weighted by Crippen LogP contribution is 2.53. The number of allylic oxidation sites excluding steroid dienone is 3. The summed E-state index contributed by atoms with van der Waals surface area (Å²) < 4.78 is 6.17. The molecule has 2 unspecified atom stereocenters. The second kappa shape index (κ2) is 5.53. The predicted molar refractivity (Wildman–Crippen MR) is 102 cm³/mol. The van der Waals surface area contributed by atoms with Gasteiger partial charge in [0, 0.05) is 16.0 Å². The number of rotatable bonds is 1. The molecule has 0 bridgehead atoms. The Balaban J connectivity index is 2.05. The summed E-state index contributed by atoms with van der Waals surface area (Å²) in [4.78, 5) is 1.37. The minimum Gasteiger partial charge on any atom is -0.496 e. The summed E-state index contributed by atoms with van der Waals surface area (Å²) in [6, 6.07) is 11.1. The molecule has 0 aliphatic heterocycles. The Kier molecular flexibility index (Phi) is 3.65. The van der Waals surface area contributed by atoms with Crippen molar-refractivity contribution in [1.29, 1.82) is 0 Å². The van der Waals surface area contributed by atoms with E-state index in [1.54, 1.807) is 7.11 Å². The number of thiophene rings is 1. The second-order valence-corrected chi connectivity index (χ2v) is 8.09. The molecule has 2 aliphatic rings. The van der Waals surface area contributed by atoms with E-state index in [1.807, 2.05) is 11.3 Å². The van der Waals surface area contributed by atoms with E-state index in [0.29, 0.717) is 9.84 Å².